The first kappa shape index (κ1) is 26.6. The Morgan fingerprint density at radius 2 is 1.00 bits per heavy atom. The smallest absolute Gasteiger partial charge is 0.164 e. The SMILES string of the molecule is N#Cc1coc2ccc3c(c12)-c1ccccc1C31c2ccccc2-c2c(-c3nc(-c4ccccc4)nc(-c4ccccc4)n3)cccc21. The lowest BCUT2D eigenvalue weighted by Crippen LogP contribution is -2.25. The van der Waals surface area contributed by atoms with E-state index >= 15 is 0 Å². The van der Waals surface area contributed by atoms with Crippen molar-refractivity contribution in [3.05, 3.63) is 174 Å². The van der Waals surface area contributed by atoms with Gasteiger partial charge >= 0.3 is 0 Å². The van der Waals surface area contributed by atoms with Crippen LogP contribution in [0.15, 0.2) is 150 Å². The number of furan rings is 1. The average molecular weight is 613 g/mol. The Kier molecular flexibility index (Phi) is 5.49. The van der Waals surface area contributed by atoms with Gasteiger partial charge in [0.15, 0.2) is 17.5 Å². The lowest BCUT2D eigenvalue weighted by molar-refractivity contribution is 0.614. The van der Waals surface area contributed by atoms with Crippen molar-refractivity contribution in [3.8, 4) is 62.5 Å². The summed E-state index contributed by atoms with van der Waals surface area (Å²) in [6.45, 7) is 0. The summed E-state index contributed by atoms with van der Waals surface area (Å²) < 4.78 is 5.90. The van der Waals surface area contributed by atoms with Crippen LogP contribution >= 0.6 is 0 Å². The molecule has 48 heavy (non-hydrogen) atoms. The van der Waals surface area contributed by atoms with E-state index in [1.807, 2.05) is 66.7 Å². The number of nitriles is 1. The molecular weight excluding hydrogens is 589 g/mol. The molecule has 0 radical (unpaired) electrons. The Morgan fingerprint density at radius 1 is 0.479 bits per heavy atom. The highest BCUT2D eigenvalue weighted by atomic mass is 16.3. The molecule has 5 heteroatoms. The Hall–Kier alpha value is -6.64. The van der Waals surface area contributed by atoms with Crippen molar-refractivity contribution in [2.45, 2.75) is 5.41 Å². The molecule has 2 aliphatic carbocycles. The van der Waals surface area contributed by atoms with E-state index in [1.54, 1.807) is 6.26 Å². The zero-order valence-electron chi connectivity index (χ0n) is 25.6. The monoisotopic (exact) mass is 612 g/mol. The largest absolute Gasteiger partial charge is 0.463 e. The first-order valence-corrected chi connectivity index (χ1v) is 15.9. The van der Waals surface area contributed by atoms with Crippen LogP contribution in [-0.2, 0) is 5.41 Å². The third-order valence-electron chi connectivity index (χ3n) is 9.87. The highest BCUT2D eigenvalue weighted by Gasteiger charge is 2.53. The van der Waals surface area contributed by atoms with Crippen molar-refractivity contribution in [2.75, 3.05) is 0 Å². The van der Waals surface area contributed by atoms with Gasteiger partial charge in [-0.3, -0.25) is 0 Å². The van der Waals surface area contributed by atoms with Crippen LogP contribution in [0.25, 0.3) is 67.4 Å². The Labute approximate surface area is 276 Å². The lowest BCUT2D eigenvalue weighted by Gasteiger charge is -2.30. The van der Waals surface area contributed by atoms with Gasteiger partial charge in [0.25, 0.3) is 0 Å². The van der Waals surface area contributed by atoms with Gasteiger partial charge in [0.05, 0.1) is 11.0 Å². The summed E-state index contributed by atoms with van der Waals surface area (Å²) in [5, 5.41) is 11.0. The second kappa shape index (κ2) is 9.93. The van der Waals surface area contributed by atoms with E-state index in [1.165, 1.54) is 11.1 Å². The molecule has 222 valence electrons. The summed E-state index contributed by atoms with van der Waals surface area (Å²) >= 11 is 0. The number of nitrogens with zero attached hydrogens (tertiary/aromatic N) is 4. The number of rotatable bonds is 3. The predicted molar refractivity (Wildman–Crippen MR) is 187 cm³/mol. The van der Waals surface area contributed by atoms with Gasteiger partial charge in [-0.2, -0.15) is 5.26 Å². The maximum atomic E-state index is 10.1. The summed E-state index contributed by atoms with van der Waals surface area (Å²) in [5.74, 6) is 1.87. The van der Waals surface area contributed by atoms with Gasteiger partial charge in [-0.1, -0.05) is 133 Å². The van der Waals surface area contributed by atoms with Crippen molar-refractivity contribution >= 4 is 11.0 Å². The van der Waals surface area contributed by atoms with Gasteiger partial charge in [0, 0.05) is 22.1 Å². The molecule has 1 atom stereocenters. The minimum Gasteiger partial charge on any atom is -0.463 e. The van der Waals surface area contributed by atoms with Crippen molar-refractivity contribution in [1.29, 1.82) is 5.26 Å². The fourth-order valence-electron chi connectivity index (χ4n) is 8.00. The molecule has 0 N–H and O–H groups in total. The number of benzene rings is 6. The fourth-order valence-corrected chi connectivity index (χ4v) is 8.00. The second-order valence-corrected chi connectivity index (χ2v) is 12.2. The normalized spacial score (nSPS) is 15.1. The predicted octanol–water partition coefficient (Wildman–Crippen LogP) is 9.83. The molecule has 6 aromatic carbocycles. The molecule has 5 nitrogen and oxygen atoms in total. The molecule has 0 aliphatic heterocycles. The average Bonchev–Trinajstić information content (AvgIpc) is 3.82. The molecule has 0 saturated carbocycles. The summed E-state index contributed by atoms with van der Waals surface area (Å²) in [6, 6.07) is 50.5. The maximum Gasteiger partial charge on any atom is 0.164 e. The van der Waals surface area contributed by atoms with Crippen molar-refractivity contribution in [2.24, 2.45) is 0 Å². The van der Waals surface area contributed by atoms with Crippen LogP contribution in [0.3, 0.4) is 0 Å². The Balaban J connectivity index is 1.31. The van der Waals surface area contributed by atoms with Crippen LogP contribution in [-0.4, -0.2) is 15.0 Å². The molecule has 2 aliphatic rings. The van der Waals surface area contributed by atoms with Gasteiger partial charge in [0.2, 0.25) is 0 Å². The fraction of sp³-hybridized carbons (Fsp3) is 0.0233. The Morgan fingerprint density at radius 3 is 1.65 bits per heavy atom. The van der Waals surface area contributed by atoms with E-state index in [9.17, 15) is 5.26 Å². The van der Waals surface area contributed by atoms with Crippen molar-refractivity contribution in [1.82, 2.24) is 15.0 Å². The number of fused-ring (bicyclic) bond motifs is 12. The molecule has 0 amide bonds. The van der Waals surface area contributed by atoms with Crippen molar-refractivity contribution in [3.63, 3.8) is 0 Å². The van der Waals surface area contributed by atoms with Crippen LogP contribution in [0.5, 0.6) is 0 Å². The van der Waals surface area contributed by atoms with Gasteiger partial charge < -0.3 is 4.42 Å². The molecule has 10 rings (SSSR count). The molecule has 1 spiro atoms. The van der Waals surface area contributed by atoms with Crippen molar-refractivity contribution < 1.29 is 4.42 Å². The van der Waals surface area contributed by atoms with Crippen LogP contribution in [0.4, 0.5) is 0 Å². The zero-order chi connectivity index (χ0) is 31.8. The van der Waals surface area contributed by atoms with Crippen LogP contribution in [0.2, 0.25) is 0 Å². The van der Waals surface area contributed by atoms with E-state index in [-0.39, 0.29) is 0 Å². The van der Waals surface area contributed by atoms with Gasteiger partial charge in [-0.05, 0) is 50.6 Å². The highest BCUT2D eigenvalue weighted by Crippen LogP contribution is 2.65. The Bertz CT molecular complexity index is 2580. The third-order valence-corrected chi connectivity index (χ3v) is 9.87. The van der Waals surface area contributed by atoms with Gasteiger partial charge in [-0.15, -0.1) is 0 Å². The molecule has 1 unspecified atom stereocenters. The van der Waals surface area contributed by atoms with Gasteiger partial charge in [0.1, 0.15) is 17.9 Å². The summed E-state index contributed by atoms with van der Waals surface area (Å²) in [5.41, 5.74) is 12.6. The lowest BCUT2D eigenvalue weighted by atomic mass is 9.70. The summed E-state index contributed by atoms with van der Waals surface area (Å²) in [6.07, 6.45) is 1.57. The second-order valence-electron chi connectivity index (χ2n) is 12.2. The summed E-state index contributed by atoms with van der Waals surface area (Å²) in [4.78, 5) is 15.2. The van der Waals surface area contributed by atoms with E-state index in [0.717, 1.165) is 55.5 Å². The number of hydrogen-bond donors (Lipinski definition) is 0. The zero-order valence-corrected chi connectivity index (χ0v) is 25.6. The molecule has 0 saturated heterocycles. The molecule has 8 aromatic rings. The third kappa shape index (κ3) is 3.46. The minimum absolute atomic E-state index is 0.543. The van der Waals surface area contributed by atoms with Gasteiger partial charge in [-0.25, -0.2) is 15.0 Å². The molecule has 0 bridgehead atoms. The van der Waals surface area contributed by atoms with Crippen LogP contribution in [0.1, 0.15) is 27.8 Å². The first-order valence-electron chi connectivity index (χ1n) is 15.9. The molecule has 0 fully saturated rings. The number of aromatic nitrogens is 3. The molecule has 2 heterocycles. The van der Waals surface area contributed by atoms with Crippen LogP contribution in [0, 0.1) is 11.3 Å². The first-order chi connectivity index (χ1) is 23.8. The van der Waals surface area contributed by atoms with E-state index in [0.29, 0.717) is 28.6 Å². The van der Waals surface area contributed by atoms with E-state index in [2.05, 4.69) is 78.9 Å². The minimum atomic E-state index is -0.608. The maximum absolute atomic E-state index is 10.1. The number of hydrogen-bond acceptors (Lipinski definition) is 5. The van der Waals surface area contributed by atoms with Crippen LogP contribution < -0.4 is 0 Å². The van der Waals surface area contributed by atoms with E-state index < -0.39 is 5.41 Å². The van der Waals surface area contributed by atoms with E-state index in [4.69, 9.17) is 19.4 Å². The topological polar surface area (TPSA) is 75.6 Å². The quantitative estimate of drug-likeness (QED) is 0.199. The molecule has 2 aromatic heterocycles. The molecular formula is C43H24N4O. The standard InChI is InChI=1S/C43H24N4O/c44-24-28-25-48-36-23-22-35-39(37(28)36)30-17-8-10-20-33(30)43(35)32-19-9-7-16-29(32)38-31(18-11-21-34(38)43)42-46-40(26-12-3-1-4-13-26)45-41(47-42)27-14-5-2-6-15-27/h1-23,25H. The summed E-state index contributed by atoms with van der Waals surface area (Å²) in [7, 11) is 0. The highest BCUT2D eigenvalue weighted by molar-refractivity contribution is 6.07.